The zero-order valence-electron chi connectivity index (χ0n) is 19.9. The number of rotatable bonds is 7. The number of amides is 1. The van der Waals surface area contributed by atoms with Gasteiger partial charge >= 0.3 is 17.7 Å². The monoisotopic (exact) mass is 473 g/mol. The summed E-state index contributed by atoms with van der Waals surface area (Å²) in [4.78, 5) is 37.9. The lowest BCUT2D eigenvalue weighted by atomic mass is 10.0. The molecule has 0 unspecified atom stereocenters. The first-order valence-corrected chi connectivity index (χ1v) is 11.5. The van der Waals surface area contributed by atoms with Crippen LogP contribution in [0.5, 0.6) is 5.75 Å². The second-order valence-corrected chi connectivity index (χ2v) is 8.81. The first-order valence-electron chi connectivity index (χ1n) is 11.5. The van der Waals surface area contributed by atoms with Crippen LogP contribution < -0.4 is 15.7 Å². The molecule has 3 aromatic carbocycles. The maximum absolute atomic E-state index is 13.0. The third kappa shape index (κ3) is 5.51. The summed E-state index contributed by atoms with van der Waals surface area (Å²) < 4.78 is 16.5. The highest BCUT2D eigenvalue weighted by Crippen LogP contribution is 2.31. The van der Waals surface area contributed by atoms with Crippen molar-refractivity contribution in [2.45, 2.75) is 39.8 Å². The van der Waals surface area contributed by atoms with Crippen LogP contribution >= 0.6 is 0 Å². The molecule has 180 valence electrons. The van der Waals surface area contributed by atoms with Gasteiger partial charge in [-0.2, -0.15) is 0 Å². The van der Waals surface area contributed by atoms with Crippen molar-refractivity contribution in [3.63, 3.8) is 0 Å². The van der Waals surface area contributed by atoms with Gasteiger partial charge in [-0.1, -0.05) is 62.4 Å². The van der Waals surface area contributed by atoms with Crippen molar-refractivity contribution < 1.29 is 23.5 Å². The Morgan fingerprint density at radius 3 is 2.31 bits per heavy atom. The number of aryl methyl sites for hydroxylation is 1. The maximum atomic E-state index is 13.0. The molecule has 0 spiro atoms. The predicted octanol–water partition coefficient (Wildman–Crippen LogP) is 5.50. The van der Waals surface area contributed by atoms with Crippen molar-refractivity contribution >= 4 is 33.8 Å². The molecule has 0 fully saturated rings. The number of nitrogens with one attached hydrogen (secondary N) is 1. The molecular weight excluding hydrogens is 446 g/mol. The van der Waals surface area contributed by atoms with E-state index >= 15 is 0 Å². The van der Waals surface area contributed by atoms with Crippen LogP contribution in [0, 0.1) is 12.8 Å². The third-order valence-corrected chi connectivity index (χ3v) is 5.70. The van der Waals surface area contributed by atoms with Gasteiger partial charge in [0.2, 0.25) is 0 Å². The van der Waals surface area contributed by atoms with Gasteiger partial charge in [-0.05, 0) is 48.4 Å². The number of benzene rings is 3. The Balaban J connectivity index is 1.53. The van der Waals surface area contributed by atoms with E-state index in [9.17, 15) is 14.4 Å². The van der Waals surface area contributed by atoms with E-state index in [4.69, 9.17) is 13.9 Å². The number of hydrogen-bond acceptors (Lipinski definition) is 6. The van der Waals surface area contributed by atoms with Crippen molar-refractivity contribution in [3.8, 4) is 5.75 Å². The van der Waals surface area contributed by atoms with Gasteiger partial charge in [0, 0.05) is 10.9 Å². The predicted molar refractivity (Wildman–Crippen MR) is 133 cm³/mol. The van der Waals surface area contributed by atoms with Crippen molar-refractivity contribution in [1.82, 2.24) is 5.32 Å². The quantitative estimate of drug-likeness (QED) is 0.165. The Hall–Kier alpha value is -4.13. The summed E-state index contributed by atoms with van der Waals surface area (Å²) in [6.45, 7) is 5.70. The fraction of sp³-hybridized carbons (Fsp3) is 0.250. The number of alkyl carbamates (subject to hydrolysis) is 1. The topological polar surface area (TPSA) is 94.8 Å². The van der Waals surface area contributed by atoms with E-state index in [2.05, 4.69) is 5.32 Å². The molecule has 1 atom stereocenters. The molecule has 0 bridgehead atoms. The van der Waals surface area contributed by atoms with Crippen LogP contribution in [0.15, 0.2) is 75.9 Å². The van der Waals surface area contributed by atoms with Gasteiger partial charge < -0.3 is 19.2 Å². The number of fused-ring (bicyclic) bond motifs is 3. The van der Waals surface area contributed by atoms with Gasteiger partial charge in [-0.3, -0.25) is 0 Å². The summed E-state index contributed by atoms with van der Waals surface area (Å²) in [5, 5.41) is 4.62. The van der Waals surface area contributed by atoms with E-state index in [0.717, 1.165) is 16.3 Å². The Bertz CT molecular complexity index is 1420. The molecule has 1 amide bonds. The van der Waals surface area contributed by atoms with Gasteiger partial charge in [-0.25, -0.2) is 14.4 Å². The number of esters is 1. The second kappa shape index (κ2) is 10.4. The fourth-order valence-electron chi connectivity index (χ4n) is 3.94. The Morgan fingerprint density at radius 1 is 0.914 bits per heavy atom. The average molecular weight is 474 g/mol. The number of hydrogen-bond donors (Lipinski definition) is 1. The molecule has 35 heavy (non-hydrogen) atoms. The summed E-state index contributed by atoms with van der Waals surface area (Å²) in [5.41, 5.74) is 1.26. The van der Waals surface area contributed by atoms with E-state index in [1.165, 1.54) is 0 Å². The van der Waals surface area contributed by atoms with Crippen LogP contribution in [0.4, 0.5) is 4.79 Å². The van der Waals surface area contributed by atoms with Crippen LogP contribution in [0.25, 0.3) is 21.7 Å². The maximum Gasteiger partial charge on any atom is 0.408 e. The van der Waals surface area contributed by atoms with Crippen LogP contribution in [0.3, 0.4) is 0 Å². The molecule has 4 aromatic rings. The zero-order valence-corrected chi connectivity index (χ0v) is 19.9. The first-order chi connectivity index (χ1) is 16.8. The minimum atomic E-state index is -0.906. The lowest BCUT2D eigenvalue weighted by molar-refractivity contribution is -0.137. The number of ether oxygens (including phenoxy) is 2. The van der Waals surface area contributed by atoms with Crippen LogP contribution in [-0.4, -0.2) is 18.1 Å². The van der Waals surface area contributed by atoms with Gasteiger partial charge in [0.1, 0.15) is 24.0 Å². The smallest absolute Gasteiger partial charge is 0.408 e. The van der Waals surface area contributed by atoms with Crippen molar-refractivity contribution in [2.75, 3.05) is 0 Å². The van der Waals surface area contributed by atoms with Crippen LogP contribution in [0.2, 0.25) is 0 Å². The van der Waals surface area contributed by atoms with E-state index < -0.39 is 23.7 Å². The molecule has 0 saturated carbocycles. The summed E-state index contributed by atoms with van der Waals surface area (Å²) in [6.07, 6.45) is -0.338. The van der Waals surface area contributed by atoms with E-state index in [0.29, 0.717) is 23.0 Å². The highest BCUT2D eigenvalue weighted by molar-refractivity contribution is 6.05. The molecule has 0 saturated heterocycles. The summed E-state index contributed by atoms with van der Waals surface area (Å²) in [5.74, 6) is -0.251. The second-order valence-electron chi connectivity index (χ2n) is 8.81. The van der Waals surface area contributed by atoms with Crippen LogP contribution in [-0.2, 0) is 16.1 Å². The molecule has 1 N–H and O–H groups in total. The lowest BCUT2D eigenvalue weighted by Gasteiger charge is -2.20. The molecule has 0 radical (unpaired) electrons. The van der Waals surface area contributed by atoms with Gasteiger partial charge in [0.15, 0.2) is 0 Å². The minimum Gasteiger partial charge on any atom is -0.445 e. The first kappa shape index (κ1) is 24.0. The van der Waals surface area contributed by atoms with Gasteiger partial charge in [0.05, 0.1) is 5.39 Å². The van der Waals surface area contributed by atoms with Crippen LogP contribution in [0.1, 0.15) is 31.4 Å². The molecule has 1 aromatic heterocycles. The molecule has 7 heteroatoms. The SMILES string of the molecule is Cc1c(OC(=O)[C@@H](CC(C)C)NC(=O)OCc2ccccc2)ccc2c1oc(=O)c1ccccc12. The van der Waals surface area contributed by atoms with E-state index in [1.807, 2.05) is 56.3 Å². The Kier molecular flexibility index (Phi) is 7.15. The van der Waals surface area contributed by atoms with E-state index in [-0.39, 0.29) is 18.3 Å². The zero-order chi connectivity index (χ0) is 24.9. The van der Waals surface area contributed by atoms with Gasteiger partial charge in [0.25, 0.3) is 0 Å². The molecule has 4 rings (SSSR count). The van der Waals surface area contributed by atoms with Crippen molar-refractivity contribution in [1.29, 1.82) is 0 Å². The number of carbonyl (C=O) groups excluding carboxylic acids is 2. The summed E-state index contributed by atoms with van der Waals surface area (Å²) in [7, 11) is 0. The van der Waals surface area contributed by atoms with Gasteiger partial charge in [-0.15, -0.1) is 0 Å². The summed E-state index contributed by atoms with van der Waals surface area (Å²) in [6, 6.07) is 19.0. The summed E-state index contributed by atoms with van der Waals surface area (Å²) >= 11 is 0. The highest BCUT2D eigenvalue weighted by atomic mass is 16.6. The average Bonchev–Trinajstić information content (AvgIpc) is 2.85. The fourth-order valence-corrected chi connectivity index (χ4v) is 3.94. The highest BCUT2D eigenvalue weighted by Gasteiger charge is 2.26. The largest absolute Gasteiger partial charge is 0.445 e. The molecule has 7 nitrogen and oxygen atoms in total. The standard InChI is InChI=1S/C28H27NO6/c1-17(2)15-23(29-28(32)33-16-19-9-5-4-6-10-19)27(31)34-24-14-13-21-20-11-7-8-12-22(20)26(30)35-25(21)18(24)3/h4-14,17,23H,15-16H2,1-3H3,(H,29,32)/t23-/m1/s1. The molecule has 1 heterocycles. The molecule has 0 aliphatic heterocycles. The molecular formula is C28H27NO6. The number of carbonyl (C=O) groups is 2. The molecule has 0 aliphatic carbocycles. The van der Waals surface area contributed by atoms with E-state index in [1.54, 1.807) is 31.2 Å². The van der Waals surface area contributed by atoms with Crippen molar-refractivity contribution in [3.05, 3.63) is 88.3 Å². The Morgan fingerprint density at radius 2 is 1.60 bits per heavy atom. The molecule has 0 aliphatic rings. The minimum absolute atomic E-state index is 0.0902. The third-order valence-electron chi connectivity index (χ3n) is 5.70. The van der Waals surface area contributed by atoms with Crippen molar-refractivity contribution in [2.24, 2.45) is 5.92 Å². The normalized spacial score (nSPS) is 12.0. The Labute approximate surface area is 202 Å². The lowest BCUT2D eigenvalue weighted by Crippen LogP contribution is -2.44.